The highest BCUT2D eigenvalue weighted by Gasteiger charge is 2.27. The van der Waals surface area contributed by atoms with Crippen molar-refractivity contribution < 1.29 is 18.4 Å². The number of hydrogen-bond acceptors (Lipinski definition) is 2. The number of carbonyl (C=O) groups excluding carboxylic acids is 2. The summed E-state index contributed by atoms with van der Waals surface area (Å²) in [5.74, 6) is -3.68. The monoisotopic (exact) mass is 357 g/mol. The van der Waals surface area contributed by atoms with Gasteiger partial charge in [-0.25, -0.2) is 8.78 Å². The zero-order chi connectivity index (χ0) is 17.1. The van der Waals surface area contributed by atoms with E-state index in [0.29, 0.717) is 0 Å². The Labute approximate surface area is 141 Å². The van der Waals surface area contributed by atoms with Gasteiger partial charge in [0.15, 0.2) is 11.6 Å². The summed E-state index contributed by atoms with van der Waals surface area (Å²) in [5, 5.41) is -0.485. The van der Waals surface area contributed by atoms with Crippen molar-refractivity contribution in [2.75, 3.05) is 6.54 Å². The molecular formula is C16H11Cl2F2NO2. The fourth-order valence-corrected chi connectivity index (χ4v) is 2.36. The quantitative estimate of drug-likeness (QED) is 0.754. The first-order valence-electron chi connectivity index (χ1n) is 6.62. The molecule has 0 heterocycles. The van der Waals surface area contributed by atoms with Crippen LogP contribution < -0.4 is 0 Å². The highest BCUT2D eigenvalue weighted by Crippen LogP contribution is 2.22. The van der Waals surface area contributed by atoms with Crippen molar-refractivity contribution in [3.63, 3.8) is 0 Å². The molecular weight excluding hydrogens is 347 g/mol. The summed E-state index contributed by atoms with van der Waals surface area (Å²) < 4.78 is 27.9. The van der Waals surface area contributed by atoms with Crippen LogP contribution in [-0.2, 0) is 0 Å². The lowest BCUT2D eigenvalue weighted by molar-refractivity contribution is 0.0620. The molecule has 2 amide bonds. The van der Waals surface area contributed by atoms with Crippen molar-refractivity contribution in [3.8, 4) is 0 Å². The van der Waals surface area contributed by atoms with Gasteiger partial charge in [-0.3, -0.25) is 14.5 Å². The summed E-state index contributed by atoms with van der Waals surface area (Å²) >= 11 is 11.3. The largest absolute Gasteiger partial charge is 0.274 e. The number of nitrogens with zero attached hydrogens (tertiary/aromatic N) is 1. The van der Waals surface area contributed by atoms with Gasteiger partial charge in [-0.2, -0.15) is 0 Å². The minimum Gasteiger partial charge on any atom is -0.274 e. The molecule has 0 aromatic heterocycles. The maximum atomic E-state index is 14.0. The number of hydrogen-bond donors (Lipinski definition) is 0. The van der Waals surface area contributed by atoms with Gasteiger partial charge in [0.1, 0.15) is 0 Å². The molecule has 2 aromatic carbocycles. The maximum Gasteiger partial charge on any atom is 0.263 e. The van der Waals surface area contributed by atoms with E-state index in [4.69, 9.17) is 23.2 Å². The summed E-state index contributed by atoms with van der Waals surface area (Å²) in [6, 6.07) is 7.74. The minimum atomic E-state index is -0.933. The van der Waals surface area contributed by atoms with E-state index < -0.39 is 23.4 Å². The second kappa shape index (κ2) is 7.06. The van der Waals surface area contributed by atoms with Crippen molar-refractivity contribution in [2.24, 2.45) is 0 Å². The summed E-state index contributed by atoms with van der Waals surface area (Å²) in [6.45, 7) is 1.44. The lowest BCUT2D eigenvalue weighted by Crippen LogP contribution is -2.37. The smallest absolute Gasteiger partial charge is 0.263 e. The Hall–Kier alpha value is -1.98. The average Bonchev–Trinajstić information content (AvgIpc) is 2.53. The van der Waals surface area contributed by atoms with E-state index in [1.54, 1.807) is 0 Å². The highest BCUT2D eigenvalue weighted by molar-refractivity contribution is 6.31. The van der Waals surface area contributed by atoms with Crippen molar-refractivity contribution in [3.05, 3.63) is 69.2 Å². The lowest BCUT2D eigenvalue weighted by atomic mass is 10.1. The molecule has 0 saturated heterocycles. The molecule has 0 fully saturated rings. The highest BCUT2D eigenvalue weighted by atomic mass is 35.5. The molecule has 0 saturated carbocycles. The third kappa shape index (κ3) is 3.35. The minimum absolute atomic E-state index is 0.0738. The second-order valence-corrected chi connectivity index (χ2v) is 5.37. The van der Waals surface area contributed by atoms with Crippen LogP contribution >= 0.6 is 23.2 Å². The van der Waals surface area contributed by atoms with E-state index in [1.165, 1.54) is 43.3 Å². The van der Waals surface area contributed by atoms with E-state index in [0.717, 1.165) is 4.90 Å². The van der Waals surface area contributed by atoms with E-state index >= 15 is 0 Å². The molecule has 7 heteroatoms. The third-order valence-corrected chi connectivity index (χ3v) is 3.75. The predicted molar refractivity (Wildman–Crippen MR) is 83.9 cm³/mol. The molecule has 0 atom stereocenters. The van der Waals surface area contributed by atoms with Crippen LogP contribution in [0, 0.1) is 11.6 Å². The van der Waals surface area contributed by atoms with E-state index in [-0.39, 0.29) is 27.7 Å². The Kier molecular flexibility index (Phi) is 5.34. The fourth-order valence-electron chi connectivity index (χ4n) is 2.01. The third-order valence-electron chi connectivity index (χ3n) is 3.17. The Morgan fingerprint density at radius 1 is 0.913 bits per heavy atom. The lowest BCUT2D eigenvalue weighted by Gasteiger charge is -2.20. The summed E-state index contributed by atoms with van der Waals surface area (Å²) in [6.07, 6.45) is 0. The molecule has 0 bridgehead atoms. The van der Waals surface area contributed by atoms with Crippen molar-refractivity contribution in [1.82, 2.24) is 4.90 Å². The van der Waals surface area contributed by atoms with Gasteiger partial charge in [-0.15, -0.1) is 0 Å². The summed E-state index contributed by atoms with van der Waals surface area (Å²) in [4.78, 5) is 25.5. The topological polar surface area (TPSA) is 37.4 Å². The molecule has 0 spiro atoms. The SMILES string of the molecule is CCN(C(=O)c1cccc(Cl)c1F)C(=O)c1cccc(Cl)c1F. The molecule has 0 aliphatic heterocycles. The molecule has 0 aliphatic carbocycles. The molecule has 2 aromatic rings. The molecule has 2 rings (SSSR count). The van der Waals surface area contributed by atoms with Gasteiger partial charge < -0.3 is 0 Å². The Bertz CT molecular complexity index is 717. The van der Waals surface area contributed by atoms with Crippen molar-refractivity contribution in [2.45, 2.75) is 6.92 Å². The fraction of sp³-hybridized carbons (Fsp3) is 0.125. The zero-order valence-electron chi connectivity index (χ0n) is 11.9. The predicted octanol–water partition coefficient (Wildman–Crippen LogP) is 4.57. The van der Waals surface area contributed by atoms with Crippen molar-refractivity contribution >= 4 is 35.0 Å². The average molecular weight is 358 g/mol. The molecule has 0 N–H and O–H groups in total. The van der Waals surface area contributed by atoms with Gasteiger partial charge in [0, 0.05) is 6.54 Å². The van der Waals surface area contributed by atoms with Crippen LogP contribution in [-0.4, -0.2) is 23.3 Å². The first-order valence-corrected chi connectivity index (χ1v) is 7.38. The molecule has 120 valence electrons. The number of carbonyl (C=O) groups is 2. The normalized spacial score (nSPS) is 10.5. The number of amides is 2. The van der Waals surface area contributed by atoms with Gasteiger partial charge >= 0.3 is 0 Å². The van der Waals surface area contributed by atoms with Crippen molar-refractivity contribution in [1.29, 1.82) is 0 Å². The van der Waals surface area contributed by atoms with Gasteiger partial charge in [-0.05, 0) is 31.2 Å². The molecule has 3 nitrogen and oxygen atoms in total. The number of halogens is 4. The van der Waals surface area contributed by atoms with Crippen LogP contribution in [0.15, 0.2) is 36.4 Å². The van der Waals surface area contributed by atoms with Crippen LogP contribution in [0.2, 0.25) is 10.0 Å². The van der Waals surface area contributed by atoms with E-state index in [1.807, 2.05) is 0 Å². The van der Waals surface area contributed by atoms with Crippen LogP contribution in [0.5, 0.6) is 0 Å². The summed E-state index contributed by atoms with van der Waals surface area (Å²) in [7, 11) is 0. The van der Waals surface area contributed by atoms with E-state index in [9.17, 15) is 18.4 Å². The van der Waals surface area contributed by atoms with Gasteiger partial charge in [0.25, 0.3) is 11.8 Å². The standard InChI is InChI=1S/C16H11Cl2F2NO2/c1-2-21(15(22)9-5-3-7-11(17)13(9)19)16(23)10-6-4-8-12(18)14(10)20/h3-8H,2H2,1H3. The molecule has 0 unspecified atom stereocenters. The molecule has 0 aliphatic rings. The molecule has 0 radical (unpaired) electrons. The first kappa shape index (κ1) is 17.4. The number of benzene rings is 2. The van der Waals surface area contributed by atoms with Crippen LogP contribution in [0.25, 0.3) is 0 Å². The van der Waals surface area contributed by atoms with Crippen LogP contribution in [0.3, 0.4) is 0 Å². The Morgan fingerprint density at radius 3 is 1.65 bits per heavy atom. The molecule has 23 heavy (non-hydrogen) atoms. The Balaban J connectivity index is 2.43. The van der Waals surface area contributed by atoms with E-state index in [2.05, 4.69) is 0 Å². The van der Waals surface area contributed by atoms with Crippen LogP contribution in [0.1, 0.15) is 27.6 Å². The second-order valence-electron chi connectivity index (χ2n) is 4.56. The van der Waals surface area contributed by atoms with Gasteiger partial charge in [0.2, 0.25) is 0 Å². The summed E-state index contributed by atoms with van der Waals surface area (Å²) in [5.41, 5.74) is -0.731. The Morgan fingerprint density at radius 2 is 1.30 bits per heavy atom. The maximum absolute atomic E-state index is 14.0. The first-order chi connectivity index (χ1) is 10.9. The van der Waals surface area contributed by atoms with Gasteiger partial charge in [-0.1, -0.05) is 35.3 Å². The number of rotatable bonds is 3. The van der Waals surface area contributed by atoms with Crippen LogP contribution in [0.4, 0.5) is 8.78 Å². The van der Waals surface area contributed by atoms with Gasteiger partial charge in [0.05, 0.1) is 21.2 Å². The zero-order valence-corrected chi connectivity index (χ0v) is 13.5. The number of imide groups is 1.